The van der Waals surface area contributed by atoms with Gasteiger partial charge < -0.3 is 4.74 Å². The van der Waals surface area contributed by atoms with Gasteiger partial charge in [-0.15, -0.1) is 10.2 Å². The molecule has 0 saturated carbocycles. The van der Waals surface area contributed by atoms with Gasteiger partial charge in [0, 0.05) is 10.7 Å². The minimum Gasteiger partial charge on any atom is -0.485 e. The smallest absolute Gasteiger partial charge is 0.261 e. The summed E-state index contributed by atoms with van der Waals surface area (Å²) in [6, 6.07) is 5.74. The summed E-state index contributed by atoms with van der Waals surface area (Å²) in [6.07, 6.45) is 0. The van der Waals surface area contributed by atoms with Gasteiger partial charge >= 0.3 is 0 Å². The van der Waals surface area contributed by atoms with Gasteiger partial charge in [0.25, 0.3) is 9.05 Å². The maximum Gasteiger partial charge on any atom is 0.261 e. The van der Waals surface area contributed by atoms with Crippen molar-refractivity contribution in [2.24, 2.45) is 7.05 Å². The Morgan fingerprint density at radius 3 is 2.50 bits per heavy atom. The molecule has 0 aliphatic carbocycles. The number of hydrogen-bond donors (Lipinski definition) is 0. The highest BCUT2D eigenvalue weighted by molar-refractivity contribution is 8.13. The third kappa shape index (κ3) is 3.17. The SMILES string of the molecule is Cn1nnc(COc2ccc(S(=O)(=O)Cl)cc2)n1. The number of ether oxygens (including phenoxy) is 1. The van der Waals surface area contributed by atoms with Crippen LogP contribution < -0.4 is 4.74 Å². The topological polar surface area (TPSA) is 87.0 Å². The van der Waals surface area contributed by atoms with E-state index >= 15 is 0 Å². The highest BCUT2D eigenvalue weighted by atomic mass is 35.7. The van der Waals surface area contributed by atoms with E-state index in [0.717, 1.165) is 0 Å². The molecule has 0 N–H and O–H groups in total. The number of benzene rings is 1. The number of rotatable bonds is 4. The van der Waals surface area contributed by atoms with E-state index in [4.69, 9.17) is 15.4 Å². The zero-order chi connectivity index (χ0) is 13.2. The molecular formula is C9H9ClN4O3S. The summed E-state index contributed by atoms with van der Waals surface area (Å²) >= 11 is 0. The van der Waals surface area contributed by atoms with Crippen LogP contribution in [0, 0.1) is 0 Å². The Hall–Kier alpha value is -1.67. The van der Waals surface area contributed by atoms with E-state index in [2.05, 4.69) is 15.4 Å². The molecule has 2 aromatic rings. The minimum atomic E-state index is -3.70. The molecule has 1 heterocycles. The Kier molecular flexibility index (Phi) is 3.48. The van der Waals surface area contributed by atoms with Crippen molar-refractivity contribution < 1.29 is 13.2 Å². The molecule has 18 heavy (non-hydrogen) atoms. The van der Waals surface area contributed by atoms with E-state index in [1.165, 1.54) is 29.1 Å². The van der Waals surface area contributed by atoms with Gasteiger partial charge in [-0.2, -0.15) is 4.80 Å². The fourth-order valence-corrected chi connectivity index (χ4v) is 2.00. The normalized spacial score (nSPS) is 11.4. The van der Waals surface area contributed by atoms with Crippen molar-refractivity contribution in [2.75, 3.05) is 0 Å². The summed E-state index contributed by atoms with van der Waals surface area (Å²) in [5.74, 6) is 0.929. The number of halogens is 1. The van der Waals surface area contributed by atoms with Gasteiger partial charge in [0.15, 0.2) is 6.61 Å². The van der Waals surface area contributed by atoms with Gasteiger partial charge in [-0.05, 0) is 29.5 Å². The Balaban J connectivity index is 2.03. The third-order valence-electron chi connectivity index (χ3n) is 2.02. The molecule has 0 amide bonds. The van der Waals surface area contributed by atoms with Crippen LogP contribution in [-0.2, 0) is 22.7 Å². The lowest BCUT2D eigenvalue weighted by Crippen LogP contribution is -1.99. The first-order valence-corrected chi connectivity index (χ1v) is 7.16. The van der Waals surface area contributed by atoms with Crippen LogP contribution in [0.5, 0.6) is 5.75 Å². The van der Waals surface area contributed by atoms with E-state index in [-0.39, 0.29) is 11.5 Å². The Labute approximate surface area is 108 Å². The quantitative estimate of drug-likeness (QED) is 0.770. The molecule has 0 atom stereocenters. The lowest BCUT2D eigenvalue weighted by Gasteiger charge is -2.03. The standard InChI is InChI=1S/C9H9ClN4O3S/c1-14-12-9(11-13-14)6-17-7-2-4-8(5-3-7)18(10,15)16/h2-5H,6H2,1H3. The van der Waals surface area contributed by atoms with E-state index in [1.54, 1.807) is 7.05 Å². The average molecular weight is 289 g/mol. The molecule has 0 bridgehead atoms. The maximum absolute atomic E-state index is 11.0. The van der Waals surface area contributed by atoms with Crippen molar-refractivity contribution in [3.05, 3.63) is 30.1 Å². The fraction of sp³-hybridized carbons (Fsp3) is 0.222. The van der Waals surface area contributed by atoms with Crippen LogP contribution in [-0.4, -0.2) is 28.6 Å². The highest BCUT2D eigenvalue weighted by Crippen LogP contribution is 2.19. The average Bonchev–Trinajstić information content (AvgIpc) is 2.72. The van der Waals surface area contributed by atoms with Crippen molar-refractivity contribution >= 4 is 19.7 Å². The number of aryl methyl sites for hydroxylation is 1. The summed E-state index contributed by atoms with van der Waals surface area (Å²) in [5, 5.41) is 11.3. The molecule has 0 aliphatic rings. The number of aromatic nitrogens is 4. The van der Waals surface area contributed by atoms with E-state index in [1.807, 2.05) is 0 Å². The summed E-state index contributed by atoms with van der Waals surface area (Å²) in [7, 11) is 3.13. The van der Waals surface area contributed by atoms with Crippen LogP contribution in [0.15, 0.2) is 29.2 Å². The van der Waals surface area contributed by atoms with Crippen molar-refractivity contribution in [3.8, 4) is 5.75 Å². The molecule has 0 saturated heterocycles. The van der Waals surface area contributed by atoms with Crippen LogP contribution in [0.2, 0.25) is 0 Å². The van der Waals surface area contributed by atoms with Crippen molar-refractivity contribution in [3.63, 3.8) is 0 Å². The van der Waals surface area contributed by atoms with Crippen LogP contribution >= 0.6 is 10.7 Å². The lowest BCUT2D eigenvalue weighted by molar-refractivity contribution is 0.295. The first-order chi connectivity index (χ1) is 8.45. The lowest BCUT2D eigenvalue weighted by atomic mass is 10.3. The molecule has 96 valence electrons. The zero-order valence-electron chi connectivity index (χ0n) is 9.32. The van der Waals surface area contributed by atoms with Crippen molar-refractivity contribution in [2.45, 2.75) is 11.5 Å². The van der Waals surface area contributed by atoms with E-state index in [0.29, 0.717) is 11.6 Å². The molecule has 9 heteroatoms. The van der Waals surface area contributed by atoms with Gasteiger partial charge in [-0.1, -0.05) is 0 Å². The predicted octanol–water partition coefficient (Wildman–Crippen LogP) is 0.717. The summed E-state index contributed by atoms with van der Waals surface area (Å²) in [5.41, 5.74) is 0. The Morgan fingerprint density at radius 2 is 2.00 bits per heavy atom. The molecule has 0 aliphatic heterocycles. The first-order valence-electron chi connectivity index (χ1n) is 4.85. The van der Waals surface area contributed by atoms with Crippen LogP contribution in [0.25, 0.3) is 0 Å². The van der Waals surface area contributed by atoms with Crippen LogP contribution in [0.4, 0.5) is 0 Å². The number of hydrogen-bond acceptors (Lipinski definition) is 6. The summed E-state index contributed by atoms with van der Waals surface area (Å²) in [6.45, 7) is 0.154. The summed E-state index contributed by atoms with van der Waals surface area (Å²) in [4.78, 5) is 1.34. The second kappa shape index (κ2) is 4.91. The number of tetrazole rings is 1. The number of nitrogens with zero attached hydrogens (tertiary/aromatic N) is 4. The van der Waals surface area contributed by atoms with Crippen molar-refractivity contribution in [1.29, 1.82) is 0 Å². The molecule has 1 aromatic heterocycles. The van der Waals surface area contributed by atoms with Crippen LogP contribution in [0.3, 0.4) is 0 Å². The second-order valence-electron chi connectivity index (χ2n) is 3.39. The first kappa shape index (κ1) is 12.8. The molecule has 0 unspecified atom stereocenters. The van der Waals surface area contributed by atoms with E-state index in [9.17, 15) is 8.42 Å². The molecule has 1 aromatic carbocycles. The molecule has 0 fully saturated rings. The Morgan fingerprint density at radius 1 is 1.33 bits per heavy atom. The largest absolute Gasteiger partial charge is 0.485 e. The predicted molar refractivity (Wildman–Crippen MR) is 62.6 cm³/mol. The Bertz CT molecular complexity index is 638. The molecular weight excluding hydrogens is 280 g/mol. The second-order valence-corrected chi connectivity index (χ2v) is 5.96. The molecule has 2 rings (SSSR count). The molecule has 0 spiro atoms. The van der Waals surface area contributed by atoms with Gasteiger partial charge in [0.05, 0.1) is 11.9 Å². The van der Waals surface area contributed by atoms with Crippen molar-refractivity contribution in [1.82, 2.24) is 20.2 Å². The highest BCUT2D eigenvalue weighted by Gasteiger charge is 2.09. The third-order valence-corrected chi connectivity index (χ3v) is 3.39. The monoisotopic (exact) mass is 288 g/mol. The molecule has 7 nitrogen and oxygen atoms in total. The fourth-order valence-electron chi connectivity index (χ4n) is 1.23. The maximum atomic E-state index is 11.0. The zero-order valence-corrected chi connectivity index (χ0v) is 10.9. The van der Waals surface area contributed by atoms with E-state index < -0.39 is 9.05 Å². The summed E-state index contributed by atoms with van der Waals surface area (Å²) < 4.78 is 27.4. The van der Waals surface area contributed by atoms with Gasteiger partial charge in [0.1, 0.15) is 5.75 Å². The van der Waals surface area contributed by atoms with Gasteiger partial charge in [-0.25, -0.2) is 8.42 Å². The molecule has 0 radical (unpaired) electrons. The van der Waals surface area contributed by atoms with Gasteiger partial charge in [0.2, 0.25) is 5.82 Å². The van der Waals surface area contributed by atoms with Gasteiger partial charge in [-0.3, -0.25) is 0 Å². The minimum absolute atomic E-state index is 0.0224. The van der Waals surface area contributed by atoms with Crippen LogP contribution in [0.1, 0.15) is 5.82 Å².